The van der Waals surface area contributed by atoms with Crippen LogP contribution in [-0.4, -0.2) is 10.8 Å². The Morgan fingerprint density at radius 3 is 3.00 bits per heavy atom. The molecule has 0 saturated carbocycles. The van der Waals surface area contributed by atoms with Gasteiger partial charge in [0, 0.05) is 11.8 Å². The van der Waals surface area contributed by atoms with E-state index in [4.69, 9.17) is 17.3 Å². The first kappa shape index (κ1) is 13.1. The quantitative estimate of drug-likeness (QED) is 0.677. The zero-order valence-electron chi connectivity index (χ0n) is 11.0. The number of hydrogen-bond donors (Lipinski definition) is 1. The normalized spacial score (nSPS) is 17.6. The third-order valence-electron chi connectivity index (χ3n) is 3.79. The SMILES string of the molecule is Nc1cc(C(=O)C2CCCc3cccnc32)ccc1Cl. The van der Waals surface area contributed by atoms with E-state index in [-0.39, 0.29) is 11.7 Å². The Balaban J connectivity index is 1.97. The van der Waals surface area contributed by atoms with Crippen LogP contribution >= 0.6 is 11.6 Å². The average molecular weight is 287 g/mol. The maximum absolute atomic E-state index is 12.7. The lowest BCUT2D eigenvalue weighted by Gasteiger charge is -2.23. The molecular weight excluding hydrogens is 272 g/mol. The molecule has 0 fully saturated rings. The molecule has 3 nitrogen and oxygen atoms in total. The van der Waals surface area contributed by atoms with E-state index in [0.29, 0.717) is 16.3 Å². The summed E-state index contributed by atoms with van der Waals surface area (Å²) in [4.78, 5) is 17.1. The fraction of sp³-hybridized carbons (Fsp3) is 0.250. The average Bonchev–Trinajstić information content (AvgIpc) is 2.49. The summed E-state index contributed by atoms with van der Waals surface area (Å²) in [5.41, 5.74) is 8.92. The molecule has 1 aliphatic carbocycles. The van der Waals surface area contributed by atoms with Crippen molar-refractivity contribution in [1.29, 1.82) is 0 Å². The number of pyridine rings is 1. The molecule has 1 atom stereocenters. The molecule has 3 rings (SSSR count). The van der Waals surface area contributed by atoms with E-state index in [1.54, 1.807) is 24.4 Å². The van der Waals surface area contributed by atoms with Gasteiger partial charge in [0.05, 0.1) is 22.3 Å². The van der Waals surface area contributed by atoms with Gasteiger partial charge in [-0.3, -0.25) is 9.78 Å². The molecule has 0 amide bonds. The molecule has 20 heavy (non-hydrogen) atoms. The molecule has 102 valence electrons. The van der Waals surface area contributed by atoms with Gasteiger partial charge in [-0.1, -0.05) is 17.7 Å². The molecule has 2 N–H and O–H groups in total. The van der Waals surface area contributed by atoms with Gasteiger partial charge >= 0.3 is 0 Å². The second-order valence-electron chi connectivity index (χ2n) is 5.09. The lowest BCUT2D eigenvalue weighted by molar-refractivity contribution is 0.0949. The number of halogens is 1. The van der Waals surface area contributed by atoms with Gasteiger partial charge in [0.25, 0.3) is 0 Å². The second-order valence-corrected chi connectivity index (χ2v) is 5.50. The molecule has 1 unspecified atom stereocenters. The fourth-order valence-electron chi connectivity index (χ4n) is 2.76. The highest BCUT2D eigenvalue weighted by Gasteiger charge is 2.28. The summed E-state index contributed by atoms with van der Waals surface area (Å²) in [7, 11) is 0. The van der Waals surface area contributed by atoms with Crippen LogP contribution in [0.25, 0.3) is 0 Å². The van der Waals surface area contributed by atoms with E-state index in [0.717, 1.165) is 25.0 Å². The van der Waals surface area contributed by atoms with Crippen LogP contribution in [0.5, 0.6) is 0 Å². The monoisotopic (exact) mass is 286 g/mol. The third kappa shape index (κ3) is 2.29. The number of nitrogen functional groups attached to an aromatic ring is 1. The molecule has 0 saturated heterocycles. The van der Waals surface area contributed by atoms with Crippen LogP contribution in [0, 0.1) is 0 Å². The Hall–Kier alpha value is -1.87. The number of aryl methyl sites for hydroxylation is 1. The Morgan fingerprint density at radius 2 is 2.20 bits per heavy atom. The number of rotatable bonds is 2. The molecule has 0 radical (unpaired) electrons. The first-order valence-electron chi connectivity index (χ1n) is 6.70. The molecule has 1 aromatic heterocycles. The minimum atomic E-state index is -0.166. The molecule has 1 heterocycles. The van der Waals surface area contributed by atoms with E-state index >= 15 is 0 Å². The van der Waals surface area contributed by atoms with Crippen molar-refractivity contribution in [3.63, 3.8) is 0 Å². The van der Waals surface area contributed by atoms with E-state index in [1.807, 2.05) is 6.07 Å². The number of Topliss-reactive ketones (excluding diaryl/α,β-unsaturated/α-hetero) is 1. The van der Waals surface area contributed by atoms with Crippen molar-refractivity contribution in [2.24, 2.45) is 0 Å². The number of hydrogen-bond acceptors (Lipinski definition) is 3. The van der Waals surface area contributed by atoms with Crippen molar-refractivity contribution < 1.29 is 4.79 Å². The third-order valence-corrected chi connectivity index (χ3v) is 4.14. The van der Waals surface area contributed by atoms with Gasteiger partial charge in [0.1, 0.15) is 0 Å². The Bertz CT molecular complexity index is 669. The highest BCUT2D eigenvalue weighted by molar-refractivity contribution is 6.33. The van der Waals surface area contributed by atoms with Crippen molar-refractivity contribution in [3.8, 4) is 0 Å². The van der Waals surface area contributed by atoms with Gasteiger partial charge < -0.3 is 5.73 Å². The minimum absolute atomic E-state index is 0.0769. The lowest BCUT2D eigenvalue weighted by Crippen LogP contribution is -2.20. The van der Waals surface area contributed by atoms with Gasteiger partial charge in [-0.05, 0) is 49.1 Å². The maximum Gasteiger partial charge on any atom is 0.171 e. The minimum Gasteiger partial charge on any atom is -0.398 e. The largest absolute Gasteiger partial charge is 0.398 e. The van der Waals surface area contributed by atoms with Gasteiger partial charge in [-0.25, -0.2) is 0 Å². The molecule has 2 aromatic rings. The smallest absolute Gasteiger partial charge is 0.171 e. The van der Waals surface area contributed by atoms with Gasteiger partial charge in [-0.2, -0.15) is 0 Å². The lowest BCUT2D eigenvalue weighted by atomic mass is 9.82. The number of benzene rings is 1. The highest BCUT2D eigenvalue weighted by Crippen LogP contribution is 2.33. The summed E-state index contributed by atoms with van der Waals surface area (Å²) in [5, 5.41) is 0.476. The van der Waals surface area contributed by atoms with Crippen molar-refractivity contribution in [3.05, 3.63) is 58.4 Å². The van der Waals surface area contributed by atoms with Crippen LogP contribution in [0.1, 0.15) is 40.4 Å². The summed E-state index contributed by atoms with van der Waals surface area (Å²) < 4.78 is 0. The first-order chi connectivity index (χ1) is 9.66. The summed E-state index contributed by atoms with van der Waals surface area (Å²) >= 11 is 5.90. The zero-order valence-corrected chi connectivity index (χ0v) is 11.7. The molecule has 4 heteroatoms. The number of anilines is 1. The Kier molecular flexibility index (Phi) is 3.45. The van der Waals surface area contributed by atoms with Crippen LogP contribution in [0.15, 0.2) is 36.5 Å². The Labute approximate surface area is 122 Å². The number of ketones is 1. The van der Waals surface area contributed by atoms with Crippen molar-refractivity contribution in [2.75, 3.05) is 5.73 Å². The second kappa shape index (κ2) is 5.25. The fourth-order valence-corrected chi connectivity index (χ4v) is 2.88. The van der Waals surface area contributed by atoms with Gasteiger partial charge in [0.15, 0.2) is 5.78 Å². The number of aromatic nitrogens is 1. The summed E-state index contributed by atoms with van der Waals surface area (Å²) in [6.45, 7) is 0. The summed E-state index contributed by atoms with van der Waals surface area (Å²) in [6.07, 6.45) is 4.60. The summed E-state index contributed by atoms with van der Waals surface area (Å²) in [6, 6.07) is 9.04. The molecule has 1 aliphatic rings. The number of nitrogens with two attached hydrogens (primary N) is 1. The van der Waals surface area contributed by atoms with E-state index in [9.17, 15) is 4.79 Å². The topological polar surface area (TPSA) is 56.0 Å². The Morgan fingerprint density at radius 1 is 1.35 bits per heavy atom. The van der Waals surface area contributed by atoms with Crippen LogP contribution in [0.2, 0.25) is 5.02 Å². The number of fused-ring (bicyclic) bond motifs is 1. The van der Waals surface area contributed by atoms with E-state index in [1.165, 1.54) is 5.56 Å². The van der Waals surface area contributed by atoms with E-state index in [2.05, 4.69) is 11.1 Å². The number of nitrogens with zero attached hydrogens (tertiary/aromatic N) is 1. The predicted molar refractivity (Wildman–Crippen MR) is 80.1 cm³/mol. The summed E-state index contributed by atoms with van der Waals surface area (Å²) in [5.74, 6) is -0.0893. The standard InChI is InChI=1S/C16H15ClN2O/c17-13-7-6-11(9-14(13)18)16(20)12-5-1-3-10-4-2-8-19-15(10)12/h2,4,6-9,12H,1,3,5,18H2. The van der Waals surface area contributed by atoms with Crippen LogP contribution in [0.4, 0.5) is 5.69 Å². The van der Waals surface area contributed by atoms with Gasteiger partial charge in [0.2, 0.25) is 0 Å². The predicted octanol–water partition coefficient (Wildman–Crippen LogP) is 3.62. The highest BCUT2D eigenvalue weighted by atomic mass is 35.5. The first-order valence-corrected chi connectivity index (χ1v) is 7.07. The maximum atomic E-state index is 12.7. The van der Waals surface area contributed by atoms with Crippen molar-refractivity contribution in [1.82, 2.24) is 4.98 Å². The zero-order chi connectivity index (χ0) is 14.1. The molecular formula is C16H15ClN2O. The number of carbonyl (C=O) groups is 1. The van der Waals surface area contributed by atoms with Crippen LogP contribution < -0.4 is 5.73 Å². The molecule has 1 aromatic carbocycles. The van der Waals surface area contributed by atoms with Crippen molar-refractivity contribution in [2.45, 2.75) is 25.2 Å². The molecule has 0 spiro atoms. The van der Waals surface area contributed by atoms with Gasteiger partial charge in [-0.15, -0.1) is 0 Å². The molecule has 0 aliphatic heterocycles. The van der Waals surface area contributed by atoms with Crippen molar-refractivity contribution >= 4 is 23.1 Å². The van der Waals surface area contributed by atoms with E-state index < -0.39 is 0 Å². The van der Waals surface area contributed by atoms with Crippen LogP contribution in [-0.2, 0) is 6.42 Å². The van der Waals surface area contributed by atoms with Crippen LogP contribution in [0.3, 0.4) is 0 Å². The number of carbonyl (C=O) groups excluding carboxylic acids is 1. The molecule has 0 bridgehead atoms.